The number of amides is 2. The Morgan fingerprint density at radius 3 is 2.59 bits per heavy atom. The van der Waals surface area contributed by atoms with Crippen molar-refractivity contribution in [2.24, 2.45) is 0 Å². The van der Waals surface area contributed by atoms with Gasteiger partial charge in [-0.15, -0.1) is 0 Å². The van der Waals surface area contributed by atoms with Crippen molar-refractivity contribution in [2.45, 2.75) is 13.5 Å². The predicted octanol–water partition coefficient (Wildman–Crippen LogP) is 0.936. The fourth-order valence-electron chi connectivity index (χ4n) is 2.50. The Bertz CT molecular complexity index is 525. The van der Waals surface area contributed by atoms with Crippen molar-refractivity contribution >= 4 is 17.5 Å². The van der Waals surface area contributed by atoms with Gasteiger partial charge < -0.3 is 19.9 Å². The number of likely N-dealkylation sites (N-methyl/N-ethyl adjacent to an activating group) is 1. The van der Waals surface area contributed by atoms with Crippen LogP contribution in [0.1, 0.15) is 12.5 Å². The zero-order valence-corrected chi connectivity index (χ0v) is 13.2. The number of nitrogens with one attached hydrogen (secondary N) is 1. The fraction of sp³-hybridized carbons (Fsp3) is 0.500. The Labute approximate surface area is 131 Å². The molecule has 1 aromatic rings. The van der Waals surface area contributed by atoms with Gasteiger partial charge in [0.25, 0.3) is 0 Å². The Hall–Kier alpha value is -1.92. The first-order valence-electron chi connectivity index (χ1n) is 7.54. The lowest BCUT2D eigenvalue weighted by Gasteiger charge is -2.33. The van der Waals surface area contributed by atoms with E-state index in [0.717, 1.165) is 25.2 Å². The summed E-state index contributed by atoms with van der Waals surface area (Å²) in [5.41, 5.74) is 1.56. The van der Waals surface area contributed by atoms with Gasteiger partial charge in [0.15, 0.2) is 0 Å². The van der Waals surface area contributed by atoms with Crippen LogP contribution in [0.5, 0.6) is 0 Å². The highest BCUT2D eigenvalue weighted by molar-refractivity contribution is 6.39. The van der Waals surface area contributed by atoms with Gasteiger partial charge in [-0.25, -0.2) is 0 Å². The number of carbonyl (C=O) groups excluding carboxylic acids is 2. The van der Waals surface area contributed by atoms with Crippen LogP contribution in [0.4, 0.5) is 5.69 Å². The molecule has 0 bridgehead atoms. The van der Waals surface area contributed by atoms with Crippen LogP contribution in [-0.4, -0.2) is 61.4 Å². The highest BCUT2D eigenvalue weighted by Crippen LogP contribution is 2.12. The van der Waals surface area contributed by atoms with Crippen molar-refractivity contribution in [2.75, 3.05) is 45.2 Å². The van der Waals surface area contributed by atoms with Gasteiger partial charge >= 0.3 is 11.8 Å². The van der Waals surface area contributed by atoms with Crippen molar-refractivity contribution in [3.63, 3.8) is 0 Å². The van der Waals surface area contributed by atoms with Gasteiger partial charge in [0, 0.05) is 39.0 Å². The summed E-state index contributed by atoms with van der Waals surface area (Å²) in [5.74, 6) is -1.05. The smallest absolute Gasteiger partial charge is 0.313 e. The van der Waals surface area contributed by atoms with Crippen molar-refractivity contribution in [3.05, 3.63) is 29.8 Å². The molecule has 0 aliphatic carbocycles. The predicted molar refractivity (Wildman–Crippen MR) is 84.5 cm³/mol. The van der Waals surface area contributed by atoms with Crippen LogP contribution in [0, 0.1) is 0 Å². The molecule has 2 rings (SSSR count). The zero-order valence-electron chi connectivity index (χ0n) is 13.2. The number of anilines is 1. The third-order valence-electron chi connectivity index (χ3n) is 3.80. The SMILES string of the molecule is CCN1CCN(C(=O)C(=O)Nc2cccc(COC)c2)CC1. The molecule has 0 saturated carbocycles. The second-order valence-corrected chi connectivity index (χ2v) is 5.31. The summed E-state index contributed by atoms with van der Waals surface area (Å²) in [4.78, 5) is 28.1. The Balaban J connectivity index is 1.91. The normalized spacial score (nSPS) is 15.6. The van der Waals surface area contributed by atoms with E-state index in [0.29, 0.717) is 25.4 Å². The molecule has 22 heavy (non-hydrogen) atoms. The quantitative estimate of drug-likeness (QED) is 0.841. The molecule has 1 fully saturated rings. The highest BCUT2D eigenvalue weighted by Gasteiger charge is 2.25. The van der Waals surface area contributed by atoms with E-state index in [2.05, 4.69) is 17.1 Å². The van der Waals surface area contributed by atoms with E-state index in [1.807, 2.05) is 18.2 Å². The summed E-state index contributed by atoms with van der Waals surface area (Å²) in [5, 5.41) is 2.66. The summed E-state index contributed by atoms with van der Waals surface area (Å²) < 4.78 is 5.06. The number of hydrogen-bond donors (Lipinski definition) is 1. The third kappa shape index (κ3) is 4.29. The number of rotatable bonds is 4. The Kier molecular flexibility index (Phi) is 5.91. The van der Waals surface area contributed by atoms with Gasteiger partial charge in [0.2, 0.25) is 0 Å². The molecular formula is C16H23N3O3. The minimum absolute atomic E-state index is 0.465. The molecule has 0 spiro atoms. The van der Waals surface area contributed by atoms with E-state index in [1.165, 1.54) is 0 Å². The van der Waals surface area contributed by atoms with Crippen LogP contribution in [-0.2, 0) is 20.9 Å². The number of nitrogens with zero attached hydrogens (tertiary/aromatic N) is 2. The topological polar surface area (TPSA) is 61.9 Å². The van der Waals surface area contributed by atoms with E-state index in [-0.39, 0.29) is 0 Å². The molecule has 6 nitrogen and oxygen atoms in total. The molecule has 120 valence electrons. The van der Waals surface area contributed by atoms with Crippen LogP contribution in [0.25, 0.3) is 0 Å². The van der Waals surface area contributed by atoms with Crippen LogP contribution < -0.4 is 5.32 Å². The molecule has 0 aromatic heterocycles. The van der Waals surface area contributed by atoms with E-state index in [1.54, 1.807) is 18.1 Å². The molecule has 1 N–H and O–H groups in total. The maximum Gasteiger partial charge on any atom is 0.313 e. The summed E-state index contributed by atoms with van der Waals surface area (Å²) in [6.07, 6.45) is 0. The molecule has 1 saturated heterocycles. The largest absolute Gasteiger partial charge is 0.380 e. The molecule has 1 aliphatic rings. The lowest BCUT2D eigenvalue weighted by atomic mass is 10.2. The summed E-state index contributed by atoms with van der Waals surface area (Å²) in [7, 11) is 1.62. The number of methoxy groups -OCH3 is 1. The van der Waals surface area contributed by atoms with Crippen LogP contribution in [0.15, 0.2) is 24.3 Å². The number of carbonyl (C=O) groups is 2. The molecule has 0 unspecified atom stereocenters. The number of piperazine rings is 1. The standard InChI is InChI=1S/C16H23N3O3/c1-3-18-7-9-19(10-8-18)16(21)15(20)17-14-6-4-5-13(11-14)12-22-2/h4-6,11H,3,7-10,12H2,1-2H3,(H,17,20). The second-order valence-electron chi connectivity index (χ2n) is 5.31. The van der Waals surface area contributed by atoms with Gasteiger partial charge in [-0.3, -0.25) is 9.59 Å². The minimum atomic E-state index is -0.584. The maximum absolute atomic E-state index is 12.2. The van der Waals surface area contributed by atoms with Gasteiger partial charge in [0.1, 0.15) is 0 Å². The van der Waals surface area contributed by atoms with E-state index < -0.39 is 11.8 Å². The van der Waals surface area contributed by atoms with Crippen molar-refractivity contribution in [1.29, 1.82) is 0 Å². The molecule has 1 aliphatic heterocycles. The molecule has 2 amide bonds. The molecule has 0 atom stereocenters. The Morgan fingerprint density at radius 2 is 1.95 bits per heavy atom. The van der Waals surface area contributed by atoms with Gasteiger partial charge in [-0.2, -0.15) is 0 Å². The number of ether oxygens (including phenoxy) is 1. The van der Waals surface area contributed by atoms with Gasteiger partial charge in [-0.05, 0) is 24.2 Å². The summed E-state index contributed by atoms with van der Waals surface area (Å²) in [6.45, 7) is 6.37. The monoisotopic (exact) mass is 305 g/mol. The molecule has 6 heteroatoms. The Morgan fingerprint density at radius 1 is 1.23 bits per heavy atom. The second kappa shape index (κ2) is 7.91. The number of benzene rings is 1. The van der Waals surface area contributed by atoms with Crippen molar-refractivity contribution in [1.82, 2.24) is 9.80 Å². The molecule has 1 heterocycles. The maximum atomic E-state index is 12.2. The van der Waals surface area contributed by atoms with E-state index in [4.69, 9.17) is 4.74 Å². The first kappa shape index (κ1) is 16.5. The average molecular weight is 305 g/mol. The van der Waals surface area contributed by atoms with Gasteiger partial charge in [0.05, 0.1) is 6.61 Å². The number of hydrogen-bond acceptors (Lipinski definition) is 4. The third-order valence-corrected chi connectivity index (χ3v) is 3.80. The lowest BCUT2D eigenvalue weighted by Crippen LogP contribution is -2.51. The first-order valence-corrected chi connectivity index (χ1v) is 7.54. The fourth-order valence-corrected chi connectivity index (χ4v) is 2.50. The van der Waals surface area contributed by atoms with Crippen LogP contribution in [0.3, 0.4) is 0 Å². The zero-order chi connectivity index (χ0) is 15.9. The summed E-state index contributed by atoms with van der Waals surface area (Å²) >= 11 is 0. The van der Waals surface area contributed by atoms with E-state index in [9.17, 15) is 9.59 Å². The van der Waals surface area contributed by atoms with E-state index >= 15 is 0 Å². The lowest BCUT2D eigenvalue weighted by molar-refractivity contribution is -0.144. The first-order chi connectivity index (χ1) is 10.6. The highest BCUT2D eigenvalue weighted by atomic mass is 16.5. The molecule has 1 aromatic carbocycles. The van der Waals surface area contributed by atoms with Gasteiger partial charge in [-0.1, -0.05) is 19.1 Å². The molecular weight excluding hydrogens is 282 g/mol. The van der Waals surface area contributed by atoms with Crippen molar-refractivity contribution < 1.29 is 14.3 Å². The molecule has 0 radical (unpaired) electrons. The van der Waals surface area contributed by atoms with Crippen LogP contribution in [0.2, 0.25) is 0 Å². The summed E-state index contributed by atoms with van der Waals surface area (Å²) in [6, 6.07) is 7.31. The van der Waals surface area contributed by atoms with Crippen molar-refractivity contribution in [3.8, 4) is 0 Å². The van der Waals surface area contributed by atoms with Crippen LogP contribution >= 0.6 is 0 Å². The minimum Gasteiger partial charge on any atom is -0.380 e. The average Bonchev–Trinajstić information content (AvgIpc) is 2.55.